The number of pyridine rings is 1. The summed E-state index contributed by atoms with van der Waals surface area (Å²) in [4.78, 5) is 10.4. The van der Waals surface area contributed by atoms with Crippen LogP contribution in [0.1, 0.15) is 24.1 Å². The van der Waals surface area contributed by atoms with Gasteiger partial charge in [0.05, 0.1) is 0 Å². The number of nitrogens with zero attached hydrogens (tertiary/aromatic N) is 2. The smallest absolute Gasteiger partial charge is 0.0456 e. The number of hydrogen-bond donors (Lipinski definition) is 2. The van der Waals surface area contributed by atoms with Crippen LogP contribution < -0.4 is 5.32 Å². The average Bonchev–Trinajstić information content (AvgIpc) is 3.09. The van der Waals surface area contributed by atoms with Gasteiger partial charge in [0.15, 0.2) is 0 Å². The molecule has 4 nitrogen and oxygen atoms in total. The first kappa shape index (κ1) is 22.7. The molecule has 3 heterocycles. The highest BCUT2D eigenvalue weighted by atomic mass is 35.5. The van der Waals surface area contributed by atoms with Crippen molar-refractivity contribution < 1.29 is 0 Å². The Morgan fingerprint density at radius 2 is 1.89 bits per heavy atom. The lowest BCUT2D eigenvalue weighted by Gasteiger charge is -2.33. The number of para-hydroxylation sites is 1. The molecule has 1 aliphatic heterocycles. The molecule has 2 aromatic heterocycles. The maximum atomic E-state index is 4.42. The third kappa shape index (κ3) is 5.95. The summed E-state index contributed by atoms with van der Waals surface area (Å²) in [6.45, 7) is 4.59. The molecule has 0 spiro atoms. The first-order valence-corrected chi connectivity index (χ1v) is 9.79. The lowest BCUT2D eigenvalue weighted by atomic mass is 10.0. The van der Waals surface area contributed by atoms with Gasteiger partial charge in [-0.25, -0.2) is 0 Å². The quantitative estimate of drug-likeness (QED) is 0.561. The van der Waals surface area contributed by atoms with Crippen LogP contribution >= 0.6 is 24.8 Å². The number of hydrogen-bond acceptors (Lipinski definition) is 3. The molecule has 0 aliphatic carbocycles. The highest BCUT2D eigenvalue weighted by molar-refractivity contribution is 5.85. The summed E-state index contributed by atoms with van der Waals surface area (Å²) in [6, 6.07) is 15.3. The minimum Gasteiger partial charge on any atom is -0.361 e. The van der Waals surface area contributed by atoms with Gasteiger partial charge in [-0.3, -0.25) is 4.98 Å². The second-order valence-corrected chi connectivity index (χ2v) is 7.29. The Bertz CT molecular complexity index is 822. The number of aromatic amines is 1. The van der Waals surface area contributed by atoms with Crippen molar-refractivity contribution in [1.29, 1.82) is 0 Å². The van der Waals surface area contributed by atoms with Crippen LogP contribution in [-0.4, -0.2) is 47.1 Å². The summed E-state index contributed by atoms with van der Waals surface area (Å²) in [7, 11) is 0. The van der Waals surface area contributed by atoms with E-state index in [-0.39, 0.29) is 24.8 Å². The van der Waals surface area contributed by atoms with E-state index in [0.29, 0.717) is 6.04 Å². The minimum atomic E-state index is 0. The predicted molar refractivity (Wildman–Crippen MR) is 122 cm³/mol. The maximum Gasteiger partial charge on any atom is 0.0456 e. The molecule has 0 radical (unpaired) electrons. The summed E-state index contributed by atoms with van der Waals surface area (Å²) in [5.41, 5.74) is 3.88. The van der Waals surface area contributed by atoms with Crippen molar-refractivity contribution in [2.24, 2.45) is 0 Å². The number of nitrogens with one attached hydrogen (secondary N) is 2. The van der Waals surface area contributed by atoms with Crippen LogP contribution in [0.5, 0.6) is 0 Å². The number of unbranched alkanes of at least 4 members (excludes halogenated alkanes) is 1. The molecule has 1 saturated heterocycles. The second kappa shape index (κ2) is 11.4. The van der Waals surface area contributed by atoms with E-state index in [2.05, 4.69) is 62.8 Å². The Labute approximate surface area is 179 Å². The van der Waals surface area contributed by atoms with Gasteiger partial charge in [-0.05, 0) is 56.0 Å². The third-order valence-electron chi connectivity index (χ3n) is 5.36. The fourth-order valence-corrected chi connectivity index (χ4v) is 3.99. The lowest BCUT2D eigenvalue weighted by molar-refractivity contribution is 0.196. The molecule has 6 heteroatoms. The zero-order valence-electron chi connectivity index (χ0n) is 16.1. The first-order chi connectivity index (χ1) is 12.9. The molecule has 1 unspecified atom stereocenters. The van der Waals surface area contributed by atoms with Crippen molar-refractivity contribution in [3.63, 3.8) is 0 Å². The Kier molecular flexibility index (Phi) is 9.26. The first-order valence-electron chi connectivity index (χ1n) is 9.79. The van der Waals surface area contributed by atoms with Gasteiger partial charge in [0.1, 0.15) is 0 Å². The topological polar surface area (TPSA) is 44.0 Å². The van der Waals surface area contributed by atoms with Gasteiger partial charge in [0.2, 0.25) is 0 Å². The van der Waals surface area contributed by atoms with Gasteiger partial charge in [-0.15, -0.1) is 24.8 Å². The van der Waals surface area contributed by atoms with Gasteiger partial charge in [-0.1, -0.05) is 24.3 Å². The molecule has 1 fully saturated rings. The monoisotopic (exact) mass is 420 g/mol. The third-order valence-corrected chi connectivity index (χ3v) is 5.36. The molecule has 28 heavy (non-hydrogen) atoms. The summed E-state index contributed by atoms with van der Waals surface area (Å²) < 4.78 is 0. The molecule has 152 valence electrons. The summed E-state index contributed by atoms with van der Waals surface area (Å²) in [6.07, 6.45) is 8.71. The van der Waals surface area contributed by atoms with Crippen molar-refractivity contribution in [2.75, 3.05) is 26.2 Å². The number of benzene rings is 1. The maximum absolute atomic E-state index is 4.42. The highest BCUT2D eigenvalue weighted by Gasteiger charge is 2.20. The fourth-order valence-electron chi connectivity index (χ4n) is 3.99. The van der Waals surface area contributed by atoms with Crippen molar-refractivity contribution >= 4 is 35.7 Å². The molecule has 4 rings (SSSR count). The number of aromatic nitrogens is 2. The molecule has 0 bridgehead atoms. The van der Waals surface area contributed by atoms with Crippen LogP contribution in [0.25, 0.3) is 10.9 Å². The van der Waals surface area contributed by atoms with Crippen LogP contribution in [0, 0.1) is 0 Å². The SMILES string of the molecule is Cl.Cl.c1ccc(CCCCN2CCNC(Cc3c[nH]c4ccccc34)C2)nc1. The van der Waals surface area contributed by atoms with Gasteiger partial charge < -0.3 is 15.2 Å². The number of H-pyrrole nitrogens is 1. The van der Waals surface area contributed by atoms with E-state index < -0.39 is 0 Å². The van der Waals surface area contributed by atoms with Crippen molar-refractivity contribution in [2.45, 2.75) is 31.7 Å². The van der Waals surface area contributed by atoms with Gasteiger partial charge in [0.25, 0.3) is 0 Å². The molecule has 3 aromatic rings. The normalized spacial score (nSPS) is 17.1. The molecule has 0 saturated carbocycles. The Morgan fingerprint density at radius 3 is 2.75 bits per heavy atom. The summed E-state index contributed by atoms with van der Waals surface area (Å²) in [5.74, 6) is 0. The van der Waals surface area contributed by atoms with Crippen LogP contribution in [0.3, 0.4) is 0 Å². The number of aryl methyl sites for hydroxylation is 1. The van der Waals surface area contributed by atoms with Crippen LogP contribution in [0.4, 0.5) is 0 Å². The minimum absolute atomic E-state index is 0. The average molecular weight is 421 g/mol. The standard InChI is InChI=1S/C22H28N4.2ClH/c1-2-10-22-21(9-1)18(16-25-22)15-20-17-26(14-12-24-20)13-6-4-8-19-7-3-5-11-23-19;;/h1-3,5,7,9-11,16,20,24-25H,4,6,8,12-15,17H2;2*1H. The highest BCUT2D eigenvalue weighted by Crippen LogP contribution is 2.20. The van der Waals surface area contributed by atoms with E-state index in [1.807, 2.05) is 12.3 Å². The number of fused-ring (bicyclic) bond motifs is 1. The summed E-state index contributed by atoms with van der Waals surface area (Å²) >= 11 is 0. The van der Waals surface area contributed by atoms with Crippen molar-refractivity contribution in [3.8, 4) is 0 Å². The Morgan fingerprint density at radius 1 is 1.04 bits per heavy atom. The Balaban J connectivity index is 0.00000140. The van der Waals surface area contributed by atoms with E-state index in [0.717, 1.165) is 32.5 Å². The van der Waals surface area contributed by atoms with E-state index in [4.69, 9.17) is 0 Å². The molecular weight excluding hydrogens is 391 g/mol. The van der Waals surface area contributed by atoms with Gasteiger partial charge >= 0.3 is 0 Å². The zero-order valence-corrected chi connectivity index (χ0v) is 17.8. The van der Waals surface area contributed by atoms with E-state index in [1.165, 1.54) is 41.5 Å². The molecule has 2 N–H and O–H groups in total. The van der Waals surface area contributed by atoms with Gasteiger partial charge in [-0.2, -0.15) is 0 Å². The molecule has 1 atom stereocenters. The number of halogens is 2. The number of rotatable bonds is 7. The zero-order chi connectivity index (χ0) is 17.6. The molecule has 0 amide bonds. The second-order valence-electron chi connectivity index (χ2n) is 7.29. The lowest BCUT2D eigenvalue weighted by Crippen LogP contribution is -2.51. The van der Waals surface area contributed by atoms with Crippen LogP contribution in [0.2, 0.25) is 0 Å². The summed E-state index contributed by atoms with van der Waals surface area (Å²) in [5, 5.41) is 5.07. The molecule has 1 aliphatic rings. The molecule has 1 aromatic carbocycles. The fraction of sp³-hybridized carbons (Fsp3) is 0.409. The predicted octanol–water partition coefficient (Wildman–Crippen LogP) is 4.25. The largest absolute Gasteiger partial charge is 0.361 e. The van der Waals surface area contributed by atoms with E-state index in [9.17, 15) is 0 Å². The van der Waals surface area contributed by atoms with E-state index >= 15 is 0 Å². The number of piperazine rings is 1. The van der Waals surface area contributed by atoms with Crippen molar-refractivity contribution in [1.82, 2.24) is 20.2 Å². The van der Waals surface area contributed by atoms with Gasteiger partial charge in [0, 0.05) is 54.7 Å². The van der Waals surface area contributed by atoms with Crippen LogP contribution in [-0.2, 0) is 12.8 Å². The molecular formula is C22H30Cl2N4. The van der Waals surface area contributed by atoms with Crippen molar-refractivity contribution in [3.05, 3.63) is 66.1 Å². The Hall–Kier alpha value is -1.59. The van der Waals surface area contributed by atoms with Crippen LogP contribution in [0.15, 0.2) is 54.9 Å². The van der Waals surface area contributed by atoms with E-state index in [1.54, 1.807) is 0 Å².